The predicted molar refractivity (Wildman–Crippen MR) is 68.2 cm³/mol. The van der Waals surface area contributed by atoms with Crippen molar-refractivity contribution >= 4 is 5.95 Å². The molecule has 3 heterocycles. The van der Waals surface area contributed by atoms with Gasteiger partial charge >= 0.3 is 0 Å². The monoisotopic (exact) mass is 262 g/mol. The second-order valence-corrected chi connectivity index (χ2v) is 4.47. The molecule has 6 nitrogen and oxygen atoms in total. The van der Waals surface area contributed by atoms with Crippen molar-refractivity contribution in [2.75, 3.05) is 18.4 Å². The van der Waals surface area contributed by atoms with E-state index in [4.69, 9.17) is 5.73 Å². The van der Waals surface area contributed by atoms with Gasteiger partial charge in [-0.05, 0) is 25.1 Å². The molecular weight excluding hydrogens is 247 g/mol. The number of nitrogens with one attached hydrogen (secondary N) is 1. The molecule has 0 saturated heterocycles. The van der Waals surface area contributed by atoms with Gasteiger partial charge in [0.05, 0.1) is 17.9 Å². The number of nitrogens with two attached hydrogens (primary N) is 1. The van der Waals surface area contributed by atoms with E-state index in [0.717, 1.165) is 30.4 Å². The second kappa shape index (κ2) is 4.93. The normalized spacial score (nSPS) is 17.9. The molecule has 0 aliphatic carbocycles. The molecule has 0 amide bonds. The van der Waals surface area contributed by atoms with Crippen molar-refractivity contribution < 1.29 is 4.39 Å². The topological polar surface area (TPSA) is 81.7 Å². The summed E-state index contributed by atoms with van der Waals surface area (Å²) in [5.41, 5.74) is 6.32. The molecule has 7 heteroatoms. The lowest BCUT2D eigenvalue weighted by atomic mass is 10.1. The van der Waals surface area contributed by atoms with E-state index in [1.807, 2.05) is 4.68 Å². The summed E-state index contributed by atoms with van der Waals surface area (Å²) in [4.78, 5) is 8.53. The molecule has 2 aromatic rings. The Morgan fingerprint density at radius 1 is 1.47 bits per heavy atom. The van der Waals surface area contributed by atoms with Gasteiger partial charge in [0.1, 0.15) is 5.82 Å². The van der Waals surface area contributed by atoms with Crippen LogP contribution in [-0.4, -0.2) is 32.8 Å². The van der Waals surface area contributed by atoms with E-state index in [1.165, 1.54) is 12.3 Å². The van der Waals surface area contributed by atoms with Crippen LogP contribution in [0.1, 0.15) is 24.0 Å². The molecule has 3 rings (SSSR count). The second-order valence-electron chi connectivity index (χ2n) is 4.47. The molecule has 2 aromatic heterocycles. The van der Waals surface area contributed by atoms with Crippen LogP contribution in [0.4, 0.5) is 10.3 Å². The summed E-state index contributed by atoms with van der Waals surface area (Å²) in [7, 11) is 0. The van der Waals surface area contributed by atoms with Crippen LogP contribution in [0, 0.1) is 5.82 Å². The first-order valence-corrected chi connectivity index (χ1v) is 6.29. The van der Waals surface area contributed by atoms with Gasteiger partial charge < -0.3 is 11.1 Å². The Bertz CT molecular complexity index is 564. The van der Waals surface area contributed by atoms with Crippen LogP contribution in [0.2, 0.25) is 0 Å². The lowest BCUT2D eigenvalue weighted by molar-refractivity contribution is 0.465. The summed E-state index contributed by atoms with van der Waals surface area (Å²) in [6.07, 6.45) is 2.72. The van der Waals surface area contributed by atoms with Crippen molar-refractivity contribution in [1.82, 2.24) is 19.7 Å². The zero-order valence-electron chi connectivity index (χ0n) is 10.4. The number of pyridine rings is 1. The molecular formula is C12H15FN6. The largest absolute Gasteiger partial charge is 0.354 e. The van der Waals surface area contributed by atoms with Gasteiger partial charge in [-0.1, -0.05) is 0 Å². The molecule has 1 unspecified atom stereocenters. The van der Waals surface area contributed by atoms with E-state index in [0.29, 0.717) is 13.0 Å². The highest BCUT2D eigenvalue weighted by molar-refractivity contribution is 5.31. The van der Waals surface area contributed by atoms with Gasteiger partial charge in [-0.2, -0.15) is 10.1 Å². The third-order valence-electron chi connectivity index (χ3n) is 3.13. The Labute approximate surface area is 109 Å². The summed E-state index contributed by atoms with van der Waals surface area (Å²) in [6.45, 7) is 1.31. The van der Waals surface area contributed by atoms with Crippen LogP contribution in [0.5, 0.6) is 0 Å². The van der Waals surface area contributed by atoms with Gasteiger partial charge in [-0.15, -0.1) is 0 Å². The minimum atomic E-state index is -0.333. The molecule has 1 aliphatic rings. The Balaban J connectivity index is 1.95. The number of rotatable bonds is 3. The van der Waals surface area contributed by atoms with Gasteiger partial charge in [0.2, 0.25) is 5.95 Å². The van der Waals surface area contributed by atoms with Crippen molar-refractivity contribution in [2.45, 2.75) is 18.9 Å². The Hall–Kier alpha value is -2.02. The third-order valence-corrected chi connectivity index (χ3v) is 3.13. The predicted octanol–water partition coefficient (Wildman–Crippen LogP) is 0.718. The van der Waals surface area contributed by atoms with Crippen molar-refractivity contribution in [1.29, 1.82) is 0 Å². The Morgan fingerprint density at radius 2 is 2.37 bits per heavy atom. The number of anilines is 1. The van der Waals surface area contributed by atoms with E-state index >= 15 is 0 Å². The van der Waals surface area contributed by atoms with Crippen molar-refractivity contribution in [3.8, 4) is 0 Å². The van der Waals surface area contributed by atoms with Gasteiger partial charge in [-0.25, -0.2) is 9.07 Å². The lowest BCUT2D eigenvalue weighted by Gasteiger charge is -2.23. The average Bonchev–Trinajstić information content (AvgIpc) is 2.82. The maximum absolute atomic E-state index is 12.9. The molecule has 0 bridgehead atoms. The van der Waals surface area contributed by atoms with E-state index in [2.05, 4.69) is 20.4 Å². The molecule has 0 spiro atoms. The summed E-state index contributed by atoms with van der Waals surface area (Å²) in [5, 5.41) is 7.65. The Morgan fingerprint density at radius 3 is 3.11 bits per heavy atom. The van der Waals surface area contributed by atoms with Crippen LogP contribution in [-0.2, 0) is 6.42 Å². The van der Waals surface area contributed by atoms with E-state index in [1.54, 1.807) is 6.07 Å². The van der Waals surface area contributed by atoms with Gasteiger partial charge in [0.15, 0.2) is 5.82 Å². The molecule has 0 fully saturated rings. The molecule has 0 radical (unpaired) electrons. The third kappa shape index (κ3) is 2.28. The minimum Gasteiger partial charge on any atom is -0.354 e. The van der Waals surface area contributed by atoms with Gasteiger partial charge in [0, 0.05) is 13.0 Å². The first kappa shape index (κ1) is 12.0. The number of hydrogen-bond acceptors (Lipinski definition) is 5. The standard InChI is InChI=1S/C12H15FN6/c13-8-1-2-9(16-7-8)10-4-6-15-12-17-11(3-5-14)18-19(10)12/h1-2,7,10H,3-6,14H2,(H,15,17,18). The van der Waals surface area contributed by atoms with Gasteiger partial charge in [-0.3, -0.25) is 4.98 Å². The SMILES string of the molecule is NCCc1nc2n(n1)C(c1ccc(F)cn1)CCN2. The molecule has 19 heavy (non-hydrogen) atoms. The molecule has 0 aromatic carbocycles. The van der Waals surface area contributed by atoms with Crippen LogP contribution in [0.3, 0.4) is 0 Å². The summed E-state index contributed by atoms with van der Waals surface area (Å²) < 4.78 is 14.7. The number of halogens is 1. The Kier molecular flexibility index (Phi) is 3.12. The van der Waals surface area contributed by atoms with Crippen LogP contribution in [0.15, 0.2) is 18.3 Å². The fraction of sp³-hybridized carbons (Fsp3) is 0.417. The fourth-order valence-corrected chi connectivity index (χ4v) is 2.24. The zero-order chi connectivity index (χ0) is 13.2. The van der Waals surface area contributed by atoms with Crippen LogP contribution in [0.25, 0.3) is 0 Å². The van der Waals surface area contributed by atoms with Crippen molar-refractivity contribution in [2.24, 2.45) is 5.73 Å². The lowest BCUT2D eigenvalue weighted by Crippen LogP contribution is -2.25. The zero-order valence-corrected chi connectivity index (χ0v) is 10.4. The number of aromatic nitrogens is 4. The molecule has 100 valence electrons. The van der Waals surface area contributed by atoms with E-state index < -0.39 is 0 Å². The molecule has 3 N–H and O–H groups in total. The van der Waals surface area contributed by atoms with E-state index in [9.17, 15) is 4.39 Å². The number of hydrogen-bond donors (Lipinski definition) is 2. The summed E-state index contributed by atoms with van der Waals surface area (Å²) in [6, 6.07) is 3.11. The molecule has 1 aliphatic heterocycles. The maximum Gasteiger partial charge on any atom is 0.222 e. The minimum absolute atomic E-state index is 0.00382. The average molecular weight is 262 g/mol. The quantitative estimate of drug-likeness (QED) is 0.851. The highest BCUT2D eigenvalue weighted by atomic mass is 19.1. The number of nitrogens with zero attached hydrogens (tertiary/aromatic N) is 4. The van der Waals surface area contributed by atoms with Gasteiger partial charge in [0.25, 0.3) is 0 Å². The molecule has 1 atom stereocenters. The smallest absolute Gasteiger partial charge is 0.222 e. The highest BCUT2D eigenvalue weighted by Crippen LogP contribution is 2.26. The fourth-order valence-electron chi connectivity index (χ4n) is 2.24. The van der Waals surface area contributed by atoms with E-state index in [-0.39, 0.29) is 11.9 Å². The van der Waals surface area contributed by atoms with Crippen LogP contribution < -0.4 is 11.1 Å². The summed E-state index contributed by atoms with van der Waals surface area (Å²) >= 11 is 0. The maximum atomic E-state index is 12.9. The first-order chi connectivity index (χ1) is 9.28. The highest BCUT2D eigenvalue weighted by Gasteiger charge is 2.25. The van der Waals surface area contributed by atoms with Crippen molar-refractivity contribution in [3.63, 3.8) is 0 Å². The van der Waals surface area contributed by atoms with Crippen LogP contribution >= 0.6 is 0 Å². The summed E-state index contributed by atoms with van der Waals surface area (Å²) in [5.74, 6) is 1.12. The first-order valence-electron chi connectivity index (χ1n) is 6.29. The molecule has 0 saturated carbocycles. The number of fused-ring (bicyclic) bond motifs is 1. The van der Waals surface area contributed by atoms with Crippen molar-refractivity contribution in [3.05, 3.63) is 35.7 Å².